The first-order valence-corrected chi connectivity index (χ1v) is 8.94. The number of hydrogen-bond acceptors (Lipinski definition) is 5. The molecule has 0 atom stereocenters. The van der Waals surface area contributed by atoms with Crippen LogP contribution in [-0.4, -0.2) is 46.5 Å². The van der Waals surface area contributed by atoms with Crippen molar-refractivity contribution in [1.82, 2.24) is 9.80 Å². The van der Waals surface area contributed by atoms with Crippen molar-refractivity contribution in [1.29, 1.82) is 0 Å². The number of furan rings is 1. The van der Waals surface area contributed by atoms with Crippen molar-refractivity contribution in [2.75, 3.05) is 19.6 Å². The highest BCUT2D eigenvalue weighted by atomic mass is 79.9. The van der Waals surface area contributed by atoms with E-state index in [-0.39, 0.29) is 17.4 Å². The molecule has 2 saturated heterocycles. The van der Waals surface area contributed by atoms with E-state index in [0.717, 1.165) is 35.9 Å². The lowest BCUT2D eigenvalue weighted by Gasteiger charge is -2.27. The van der Waals surface area contributed by atoms with Gasteiger partial charge in [-0.2, -0.15) is 0 Å². The van der Waals surface area contributed by atoms with E-state index in [2.05, 4.69) is 15.9 Å². The number of carbonyl (C=O) groups is 3. The third kappa shape index (κ3) is 3.69. The number of carbonyl (C=O) groups excluding carboxylic acids is 3. The van der Waals surface area contributed by atoms with Gasteiger partial charge in [-0.1, -0.05) is 0 Å². The van der Waals surface area contributed by atoms with Gasteiger partial charge in [0.2, 0.25) is 5.91 Å². The molecular formula is C15H15BrN2O4S. The second kappa shape index (κ2) is 6.92. The molecule has 2 aliphatic heterocycles. The summed E-state index contributed by atoms with van der Waals surface area (Å²) < 4.78 is 5.85. The average molecular weight is 399 g/mol. The molecule has 0 saturated carbocycles. The van der Waals surface area contributed by atoms with Crippen molar-refractivity contribution in [3.05, 3.63) is 27.5 Å². The predicted molar refractivity (Wildman–Crippen MR) is 89.5 cm³/mol. The minimum Gasteiger partial charge on any atom is -0.450 e. The van der Waals surface area contributed by atoms with Crippen LogP contribution in [0.5, 0.6) is 0 Å². The van der Waals surface area contributed by atoms with Crippen LogP contribution in [0.15, 0.2) is 26.1 Å². The molecule has 2 aliphatic rings. The van der Waals surface area contributed by atoms with Gasteiger partial charge in [0.15, 0.2) is 4.67 Å². The Morgan fingerprint density at radius 3 is 2.65 bits per heavy atom. The van der Waals surface area contributed by atoms with Crippen LogP contribution in [0.3, 0.4) is 0 Å². The smallest absolute Gasteiger partial charge is 0.294 e. The standard InChI is InChI=1S/C15H15BrN2O4S/c16-12-5-4-10(22-12)8-11-14(20)18(15(21)23-11)9-13(19)17-6-2-1-3-7-17/h4-5,8H,1-3,6-7,9H2/b11-8-. The van der Waals surface area contributed by atoms with Gasteiger partial charge < -0.3 is 9.32 Å². The van der Waals surface area contributed by atoms with Gasteiger partial charge in [0.25, 0.3) is 11.1 Å². The molecular weight excluding hydrogens is 384 g/mol. The van der Waals surface area contributed by atoms with Crippen molar-refractivity contribution in [2.45, 2.75) is 19.3 Å². The van der Waals surface area contributed by atoms with Gasteiger partial charge in [-0.3, -0.25) is 19.3 Å². The second-order valence-electron chi connectivity index (χ2n) is 5.35. The molecule has 23 heavy (non-hydrogen) atoms. The van der Waals surface area contributed by atoms with Crippen LogP contribution in [0.2, 0.25) is 0 Å². The summed E-state index contributed by atoms with van der Waals surface area (Å²) in [6.45, 7) is 1.21. The molecule has 1 aromatic rings. The van der Waals surface area contributed by atoms with E-state index in [1.807, 2.05) is 0 Å². The SMILES string of the molecule is O=C(CN1C(=O)S/C(=C\c2ccc(Br)o2)C1=O)N1CCCCC1. The van der Waals surface area contributed by atoms with Gasteiger partial charge >= 0.3 is 0 Å². The summed E-state index contributed by atoms with van der Waals surface area (Å²) in [6, 6.07) is 3.40. The molecule has 122 valence electrons. The summed E-state index contributed by atoms with van der Waals surface area (Å²) >= 11 is 4.01. The number of piperidine rings is 1. The van der Waals surface area contributed by atoms with Crippen LogP contribution < -0.4 is 0 Å². The summed E-state index contributed by atoms with van der Waals surface area (Å²) in [6.07, 6.45) is 4.58. The highest BCUT2D eigenvalue weighted by Crippen LogP contribution is 2.32. The molecule has 0 unspecified atom stereocenters. The van der Waals surface area contributed by atoms with Crippen LogP contribution in [-0.2, 0) is 9.59 Å². The van der Waals surface area contributed by atoms with Crippen molar-refractivity contribution >= 4 is 50.8 Å². The maximum absolute atomic E-state index is 12.3. The molecule has 0 bridgehead atoms. The molecule has 0 aliphatic carbocycles. The fraction of sp³-hybridized carbons (Fsp3) is 0.400. The van der Waals surface area contributed by atoms with Crippen LogP contribution in [0.4, 0.5) is 4.79 Å². The third-order valence-electron chi connectivity index (χ3n) is 3.74. The fourth-order valence-electron chi connectivity index (χ4n) is 2.55. The molecule has 1 aromatic heterocycles. The lowest BCUT2D eigenvalue weighted by Crippen LogP contribution is -2.44. The first kappa shape index (κ1) is 16.3. The maximum atomic E-state index is 12.3. The van der Waals surface area contributed by atoms with Gasteiger partial charge in [0, 0.05) is 19.2 Å². The Labute approximate surface area is 146 Å². The number of amides is 3. The molecule has 0 radical (unpaired) electrons. The minimum atomic E-state index is -0.446. The van der Waals surface area contributed by atoms with Crippen molar-refractivity contribution in [2.24, 2.45) is 0 Å². The van der Waals surface area contributed by atoms with Gasteiger partial charge in [-0.25, -0.2) is 0 Å². The molecule has 3 amide bonds. The zero-order valence-corrected chi connectivity index (χ0v) is 14.7. The number of thioether (sulfide) groups is 1. The van der Waals surface area contributed by atoms with Crippen molar-refractivity contribution < 1.29 is 18.8 Å². The van der Waals surface area contributed by atoms with Gasteiger partial charge in [0.05, 0.1) is 4.91 Å². The Hall–Kier alpha value is -1.54. The highest BCUT2D eigenvalue weighted by Gasteiger charge is 2.37. The molecule has 0 N–H and O–H groups in total. The molecule has 2 fully saturated rings. The molecule has 3 heterocycles. The van der Waals surface area contributed by atoms with E-state index >= 15 is 0 Å². The minimum absolute atomic E-state index is 0.172. The van der Waals surface area contributed by atoms with Crippen LogP contribution >= 0.6 is 27.7 Å². The number of hydrogen-bond donors (Lipinski definition) is 0. The lowest BCUT2D eigenvalue weighted by atomic mass is 10.1. The van der Waals surface area contributed by atoms with Crippen molar-refractivity contribution in [3.8, 4) is 0 Å². The van der Waals surface area contributed by atoms with E-state index in [1.54, 1.807) is 17.0 Å². The molecule has 0 aromatic carbocycles. The Balaban J connectivity index is 1.68. The number of halogens is 1. The average Bonchev–Trinajstić information content (AvgIpc) is 3.07. The Kier molecular flexibility index (Phi) is 4.91. The summed E-state index contributed by atoms with van der Waals surface area (Å²) in [5, 5.41) is -0.419. The Bertz CT molecular complexity index is 679. The lowest BCUT2D eigenvalue weighted by molar-refractivity contribution is -0.136. The fourth-order valence-corrected chi connectivity index (χ4v) is 3.69. The van der Waals surface area contributed by atoms with Crippen LogP contribution in [0.25, 0.3) is 6.08 Å². The van der Waals surface area contributed by atoms with Gasteiger partial charge in [-0.15, -0.1) is 0 Å². The quantitative estimate of drug-likeness (QED) is 0.731. The third-order valence-corrected chi connectivity index (χ3v) is 5.08. The number of imide groups is 1. The Morgan fingerprint density at radius 2 is 2.00 bits per heavy atom. The highest BCUT2D eigenvalue weighted by molar-refractivity contribution is 9.10. The van der Waals surface area contributed by atoms with Crippen LogP contribution in [0.1, 0.15) is 25.0 Å². The molecule has 0 spiro atoms. The van der Waals surface area contributed by atoms with E-state index in [1.165, 1.54) is 6.08 Å². The van der Waals surface area contributed by atoms with E-state index in [0.29, 0.717) is 23.5 Å². The molecule has 3 rings (SSSR count). The van der Waals surface area contributed by atoms with Crippen molar-refractivity contribution in [3.63, 3.8) is 0 Å². The summed E-state index contributed by atoms with van der Waals surface area (Å²) in [7, 11) is 0. The summed E-state index contributed by atoms with van der Waals surface area (Å²) in [5.41, 5.74) is 0. The monoisotopic (exact) mass is 398 g/mol. The first-order chi connectivity index (χ1) is 11.0. The first-order valence-electron chi connectivity index (χ1n) is 7.33. The van der Waals surface area contributed by atoms with Gasteiger partial charge in [0.1, 0.15) is 12.3 Å². The zero-order chi connectivity index (χ0) is 16.4. The largest absolute Gasteiger partial charge is 0.450 e. The maximum Gasteiger partial charge on any atom is 0.294 e. The number of rotatable bonds is 3. The Morgan fingerprint density at radius 1 is 1.26 bits per heavy atom. The molecule has 6 nitrogen and oxygen atoms in total. The summed E-state index contributed by atoms with van der Waals surface area (Å²) in [5.74, 6) is -0.142. The normalized spacial score (nSPS) is 20.7. The molecule has 8 heteroatoms. The second-order valence-corrected chi connectivity index (χ2v) is 7.13. The van der Waals surface area contributed by atoms with Gasteiger partial charge in [-0.05, 0) is 59.1 Å². The number of nitrogens with zero attached hydrogens (tertiary/aromatic N) is 2. The zero-order valence-electron chi connectivity index (χ0n) is 12.3. The topological polar surface area (TPSA) is 70.8 Å². The van der Waals surface area contributed by atoms with Crippen LogP contribution in [0, 0.1) is 0 Å². The predicted octanol–water partition coefficient (Wildman–Crippen LogP) is 3.09. The number of likely N-dealkylation sites (tertiary alicyclic amines) is 1. The van der Waals surface area contributed by atoms with E-state index in [9.17, 15) is 14.4 Å². The van der Waals surface area contributed by atoms with E-state index < -0.39 is 11.1 Å². The summed E-state index contributed by atoms with van der Waals surface area (Å²) in [4.78, 5) is 39.6. The van der Waals surface area contributed by atoms with E-state index in [4.69, 9.17) is 4.42 Å².